The van der Waals surface area contributed by atoms with Crippen LogP contribution in [0.4, 0.5) is 5.95 Å². The largest absolute Gasteiger partial charge is 0.335 e. The van der Waals surface area contributed by atoms with Gasteiger partial charge in [-0.3, -0.25) is 0 Å². The molecule has 0 aromatic carbocycles. The minimum absolute atomic E-state index is 0.515. The molecule has 0 N–H and O–H groups in total. The second kappa shape index (κ2) is 4.78. The van der Waals surface area contributed by atoms with Gasteiger partial charge < -0.3 is 9.80 Å². The lowest BCUT2D eigenvalue weighted by atomic mass is 10.0. The van der Waals surface area contributed by atoms with E-state index < -0.39 is 0 Å². The molecule has 4 heteroatoms. The molecule has 2 heterocycles. The van der Waals surface area contributed by atoms with Gasteiger partial charge in [0.15, 0.2) is 0 Å². The van der Waals surface area contributed by atoms with Crippen LogP contribution < -0.4 is 4.90 Å². The number of nitrogens with zero attached hydrogens (tertiary/aromatic N) is 4. The minimum atomic E-state index is 0.515. The standard InChI is InChI=1S/C12H20N4/c1-10(2)11-9-15(3)7-8-16(11)12-13-5-4-6-14-12/h4-6,10-11H,7-9H2,1-3H3. The summed E-state index contributed by atoms with van der Waals surface area (Å²) < 4.78 is 0. The van der Waals surface area contributed by atoms with Gasteiger partial charge in [0.25, 0.3) is 0 Å². The Kier molecular flexibility index (Phi) is 3.39. The highest BCUT2D eigenvalue weighted by Gasteiger charge is 2.28. The van der Waals surface area contributed by atoms with E-state index in [1.807, 2.05) is 18.5 Å². The summed E-state index contributed by atoms with van der Waals surface area (Å²) in [5.41, 5.74) is 0. The van der Waals surface area contributed by atoms with E-state index in [1.165, 1.54) is 0 Å². The van der Waals surface area contributed by atoms with E-state index in [-0.39, 0.29) is 0 Å². The van der Waals surface area contributed by atoms with Crippen LogP contribution >= 0.6 is 0 Å². The predicted molar refractivity (Wildman–Crippen MR) is 65.5 cm³/mol. The van der Waals surface area contributed by atoms with Crippen molar-refractivity contribution in [2.24, 2.45) is 5.92 Å². The van der Waals surface area contributed by atoms with E-state index in [4.69, 9.17) is 0 Å². The number of piperazine rings is 1. The van der Waals surface area contributed by atoms with E-state index in [0.717, 1.165) is 25.6 Å². The van der Waals surface area contributed by atoms with Crippen LogP contribution in [0.5, 0.6) is 0 Å². The van der Waals surface area contributed by atoms with Crippen molar-refractivity contribution in [2.75, 3.05) is 31.6 Å². The van der Waals surface area contributed by atoms with Gasteiger partial charge in [0, 0.05) is 38.1 Å². The zero-order valence-electron chi connectivity index (χ0n) is 10.3. The lowest BCUT2D eigenvalue weighted by Crippen LogP contribution is -2.54. The monoisotopic (exact) mass is 220 g/mol. The summed E-state index contributed by atoms with van der Waals surface area (Å²) in [7, 11) is 2.18. The number of likely N-dealkylation sites (N-methyl/N-ethyl adjacent to an activating group) is 1. The van der Waals surface area contributed by atoms with Crippen LogP contribution in [-0.2, 0) is 0 Å². The molecule has 1 unspecified atom stereocenters. The maximum Gasteiger partial charge on any atom is 0.225 e. The molecular formula is C12H20N4. The smallest absolute Gasteiger partial charge is 0.225 e. The van der Waals surface area contributed by atoms with Gasteiger partial charge in [-0.05, 0) is 19.0 Å². The Balaban J connectivity index is 2.19. The van der Waals surface area contributed by atoms with Crippen LogP contribution in [-0.4, -0.2) is 47.6 Å². The fourth-order valence-corrected chi connectivity index (χ4v) is 2.21. The van der Waals surface area contributed by atoms with Crippen molar-refractivity contribution in [3.05, 3.63) is 18.5 Å². The van der Waals surface area contributed by atoms with Crippen LogP contribution in [0.25, 0.3) is 0 Å². The third-order valence-electron chi connectivity index (χ3n) is 3.20. The molecule has 1 fully saturated rings. The Morgan fingerprint density at radius 3 is 2.56 bits per heavy atom. The zero-order valence-corrected chi connectivity index (χ0v) is 10.3. The number of hydrogen-bond acceptors (Lipinski definition) is 4. The Bertz CT molecular complexity index is 325. The average Bonchev–Trinajstić information content (AvgIpc) is 2.30. The Morgan fingerprint density at radius 2 is 1.94 bits per heavy atom. The van der Waals surface area contributed by atoms with Crippen molar-refractivity contribution in [3.63, 3.8) is 0 Å². The summed E-state index contributed by atoms with van der Waals surface area (Å²) in [5.74, 6) is 1.49. The molecule has 0 aliphatic carbocycles. The summed E-state index contributed by atoms with van der Waals surface area (Å²) in [6, 6.07) is 2.38. The molecule has 88 valence electrons. The Labute approximate surface area is 97.3 Å². The molecule has 0 amide bonds. The predicted octanol–water partition coefficient (Wildman–Crippen LogP) is 1.25. The summed E-state index contributed by atoms with van der Waals surface area (Å²) in [4.78, 5) is 13.4. The summed E-state index contributed by atoms with van der Waals surface area (Å²) in [5, 5.41) is 0. The number of anilines is 1. The van der Waals surface area contributed by atoms with Gasteiger partial charge in [-0.2, -0.15) is 0 Å². The second-order valence-corrected chi connectivity index (χ2v) is 4.82. The van der Waals surface area contributed by atoms with Gasteiger partial charge >= 0.3 is 0 Å². The first-order valence-corrected chi connectivity index (χ1v) is 5.90. The fourth-order valence-electron chi connectivity index (χ4n) is 2.21. The van der Waals surface area contributed by atoms with Crippen LogP contribution in [0, 0.1) is 5.92 Å². The van der Waals surface area contributed by atoms with E-state index in [0.29, 0.717) is 12.0 Å². The number of rotatable bonds is 2. The van der Waals surface area contributed by atoms with E-state index >= 15 is 0 Å². The van der Waals surface area contributed by atoms with Gasteiger partial charge in [0.2, 0.25) is 5.95 Å². The molecule has 1 saturated heterocycles. The summed E-state index contributed by atoms with van der Waals surface area (Å²) >= 11 is 0. The third kappa shape index (κ3) is 2.32. The topological polar surface area (TPSA) is 32.3 Å². The zero-order chi connectivity index (χ0) is 11.5. The maximum absolute atomic E-state index is 4.36. The maximum atomic E-state index is 4.36. The van der Waals surface area contributed by atoms with Crippen molar-refractivity contribution in [1.29, 1.82) is 0 Å². The van der Waals surface area contributed by atoms with Crippen molar-refractivity contribution >= 4 is 5.95 Å². The third-order valence-corrected chi connectivity index (χ3v) is 3.20. The molecule has 1 aromatic heterocycles. The normalized spacial score (nSPS) is 22.8. The first kappa shape index (κ1) is 11.3. The second-order valence-electron chi connectivity index (χ2n) is 4.82. The van der Waals surface area contributed by atoms with Crippen LogP contribution in [0.15, 0.2) is 18.5 Å². The highest BCUT2D eigenvalue weighted by atomic mass is 15.3. The van der Waals surface area contributed by atoms with Crippen LogP contribution in [0.3, 0.4) is 0 Å². The van der Waals surface area contributed by atoms with Gasteiger partial charge in [-0.15, -0.1) is 0 Å². The number of aromatic nitrogens is 2. The van der Waals surface area contributed by atoms with Crippen molar-refractivity contribution in [3.8, 4) is 0 Å². The molecule has 0 radical (unpaired) electrons. The van der Waals surface area contributed by atoms with Gasteiger partial charge in [-0.25, -0.2) is 9.97 Å². The molecule has 1 aliphatic heterocycles. The minimum Gasteiger partial charge on any atom is -0.335 e. The highest BCUT2D eigenvalue weighted by molar-refractivity contribution is 5.32. The number of hydrogen-bond donors (Lipinski definition) is 0. The fraction of sp³-hybridized carbons (Fsp3) is 0.667. The van der Waals surface area contributed by atoms with Gasteiger partial charge in [0.05, 0.1) is 0 Å². The van der Waals surface area contributed by atoms with Crippen molar-refractivity contribution in [2.45, 2.75) is 19.9 Å². The Morgan fingerprint density at radius 1 is 1.25 bits per heavy atom. The summed E-state index contributed by atoms with van der Waals surface area (Å²) in [6.45, 7) is 7.72. The lowest BCUT2D eigenvalue weighted by molar-refractivity contribution is 0.235. The lowest BCUT2D eigenvalue weighted by Gasteiger charge is -2.42. The van der Waals surface area contributed by atoms with Crippen molar-refractivity contribution < 1.29 is 0 Å². The van der Waals surface area contributed by atoms with Gasteiger partial charge in [-0.1, -0.05) is 13.8 Å². The first-order valence-electron chi connectivity index (χ1n) is 5.90. The molecule has 1 aromatic rings. The molecular weight excluding hydrogens is 200 g/mol. The van der Waals surface area contributed by atoms with E-state index in [1.54, 1.807) is 0 Å². The molecule has 1 aliphatic rings. The molecule has 0 saturated carbocycles. The van der Waals surface area contributed by atoms with E-state index in [9.17, 15) is 0 Å². The molecule has 0 spiro atoms. The molecule has 1 atom stereocenters. The summed E-state index contributed by atoms with van der Waals surface area (Å²) in [6.07, 6.45) is 3.64. The average molecular weight is 220 g/mol. The van der Waals surface area contributed by atoms with Crippen molar-refractivity contribution in [1.82, 2.24) is 14.9 Å². The highest BCUT2D eigenvalue weighted by Crippen LogP contribution is 2.20. The molecule has 0 bridgehead atoms. The first-order chi connectivity index (χ1) is 7.68. The van der Waals surface area contributed by atoms with Crippen LogP contribution in [0.1, 0.15) is 13.8 Å². The van der Waals surface area contributed by atoms with Gasteiger partial charge in [0.1, 0.15) is 0 Å². The Hall–Kier alpha value is -1.16. The molecule has 16 heavy (non-hydrogen) atoms. The molecule has 2 rings (SSSR count). The SMILES string of the molecule is CC(C)C1CN(C)CCN1c1ncccn1. The van der Waals surface area contributed by atoms with E-state index in [2.05, 4.69) is 40.7 Å². The molecule has 4 nitrogen and oxygen atoms in total. The quantitative estimate of drug-likeness (QED) is 0.751. The van der Waals surface area contributed by atoms with Crippen LogP contribution in [0.2, 0.25) is 0 Å².